The molecule has 1 saturated heterocycles. The van der Waals surface area contributed by atoms with Gasteiger partial charge in [-0.3, -0.25) is 9.78 Å². The molecule has 0 aliphatic carbocycles. The normalized spacial score (nSPS) is 13.9. The second-order valence-electron chi connectivity index (χ2n) is 8.14. The fraction of sp³-hybridized carbons (Fsp3) is 0.308. The number of anilines is 2. The van der Waals surface area contributed by atoms with Gasteiger partial charge in [0, 0.05) is 67.0 Å². The predicted molar refractivity (Wildman–Crippen MR) is 133 cm³/mol. The Labute approximate surface area is 200 Å². The summed E-state index contributed by atoms with van der Waals surface area (Å²) in [6, 6.07) is 15.2. The predicted octanol–water partition coefficient (Wildman–Crippen LogP) is 3.78. The van der Waals surface area contributed by atoms with Crippen LogP contribution in [0, 0.1) is 0 Å². The SMILES string of the molecule is COc1cc(NC(=O)c2ccnc(-c3ccc(N4CCN(C)CC4)cc3)c2)cc(OC)c1OC. The number of nitrogens with one attached hydrogen (secondary N) is 1. The molecule has 3 aromatic rings. The number of rotatable bonds is 7. The molecule has 1 aliphatic heterocycles. The van der Waals surface area contributed by atoms with Crippen LogP contribution in [0.4, 0.5) is 11.4 Å². The maximum atomic E-state index is 13.0. The summed E-state index contributed by atoms with van der Waals surface area (Å²) < 4.78 is 16.1. The molecule has 0 unspecified atom stereocenters. The first-order valence-corrected chi connectivity index (χ1v) is 11.1. The van der Waals surface area contributed by atoms with Gasteiger partial charge in [0.05, 0.1) is 27.0 Å². The van der Waals surface area contributed by atoms with Crippen LogP contribution in [-0.4, -0.2) is 70.3 Å². The Morgan fingerprint density at radius 2 is 1.53 bits per heavy atom. The van der Waals surface area contributed by atoms with E-state index in [1.54, 1.807) is 30.5 Å². The summed E-state index contributed by atoms with van der Waals surface area (Å²) in [7, 11) is 6.76. The number of pyridine rings is 1. The van der Waals surface area contributed by atoms with Gasteiger partial charge in [-0.05, 0) is 31.3 Å². The van der Waals surface area contributed by atoms with E-state index in [-0.39, 0.29) is 5.91 Å². The van der Waals surface area contributed by atoms with Crippen LogP contribution >= 0.6 is 0 Å². The minimum Gasteiger partial charge on any atom is -0.493 e. The Hall–Kier alpha value is -3.78. The highest BCUT2D eigenvalue weighted by Crippen LogP contribution is 2.40. The molecule has 0 spiro atoms. The van der Waals surface area contributed by atoms with E-state index < -0.39 is 0 Å². The number of nitrogens with zero attached hydrogens (tertiary/aromatic N) is 3. The highest BCUT2D eigenvalue weighted by atomic mass is 16.5. The molecule has 2 aromatic carbocycles. The van der Waals surface area contributed by atoms with E-state index in [9.17, 15) is 4.79 Å². The lowest BCUT2D eigenvalue weighted by Crippen LogP contribution is -2.44. The Bertz CT molecular complexity index is 1120. The summed E-state index contributed by atoms with van der Waals surface area (Å²) in [6.07, 6.45) is 1.65. The zero-order valence-corrected chi connectivity index (χ0v) is 20.0. The standard InChI is InChI=1S/C26H30N4O4/c1-29-11-13-30(14-12-29)21-7-5-18(6-8-21)22-15-19(9-10-27-22)26(31)28-20-16-23(32-2)25(34-4)24(17-20)33-3/h5-10,15-17H,11-14H2,1-4H3,(H,28,31). The molecule has 2 heterocycles. The molecule has 0 bridgehead atoms. The van der Waals surface area contributed by atoms with Gasteiger partial charge in [-0.1, -0.05) is 12.1 Å². The lowest BCUT2D eigenvalue weighted by atomic mass is 10.1. The fourth-order valence-corrected chi connectivity index (χ4v) is 3.99. The summed E-state index contributed by atoms with van der Waals surface area (Å²) in [5.74, 6) is 1.14. The Kier molecular flexibility index (Phi) is 7.18. The number of amides is 1. The number of piperazine rings is 1. The van der Waals surface area contributed by atoms with Crippen LogP contribution in [0.3, 0.4) is 0 Å². The molecule has 178 valence electrons. The number of benzene rings is 2. The van der Waals surface area contributed by atoms with E-state index in [2.05, 4.69) is 51.4 Å². The average Bonchev–Trinajstić information content (AvgIpc) is 2.88. The molecular weight excluding hydrogens is 432 g/mol. The second-order valence-corrected chi connectivity index (χ2v) is 8.14. The van der Waals surface area contributed by atoms with Crippen LogP contribution in [0.5, 0.6) is 17.2 Å². The van der Waals surface area contributed by atoms with E-state index in [1.807, 2.05) is 0 Å². The van der Waals surface area contributed by atoms with E-state index >= 15 is 0 Å². The lowest BCUT2D eigenvalue weighted by Gasteiger charge is -2.34. The van der Waals surface area contributed by atoms with Gasteiger partial charge in [-0.15, -0.1) is 0 Å². The highest BCUT2D eigenvalue weighted by Gasteiger charge is 2.17. The van der Waals surface area contributed by atoms with Crippen molar-refractivity contribution in [1.82, 2.24) is 9.88 Å². The molecular formula is C26H30N4O4. The van der Waals surface area contributed by atoms with Crippen molar-refractivity contribution in [2.75, 3.05) is 64.8 Å². The lowest BCUT2D eigenvalue weighted by molar-refractivity contribution is 0.102. The van der Waals surface area contributed by atoms with Gasteiger partial charge < -0.3 is 29.3 Å². The summed E-state index contributed by atoms with van der Waals surface area (Å²) in [5.41, 5.74) is 3.94. The van der Waals surface area contributed by atoms with E-state index in [0.717, 1.165) is 37.4 Å². The summed E-state index contributed by atoms with van der Waals surface area (Å²) >= 11 is 0. The number of aromatic nitrogens is 1. The number of likely N-dealkylation sites (N-methyl/N-ethyl adjacent to an activating group) is 1. The van der Waals surface area contributed by atoms with Gasteiger partial charge in [0.2, 0.25) is 5.75 Å². The number of carbonyl (C=O) groups is 1. The van der Waals surface area contributed by atoms with Gasteiger partial charge in [-0.2, -0.15) is 0 Å². The van der Waals surface area contributed by atoms with Crippen molar-refractivity contribution in [3.63, 3.8) is 0 Å². The minimum absolute atomic E-state index is 0.257. The third-order valence-corrected chi connectivity index (χ3v) is 5.98. The topological polar surface area (TPSA) is 76.2 Å². The number of ether oxygens (including phenoxy) is 3. The van der Waals surface area contributed by atoms with Crippen molar-refractivity contribution in [2.24, 2.45) is 0 Å². The smallest absolute Gasteiger partial charge is 0.255 e. The molecule has 34 heavy (non-hydrogen) atoms. The minimum atomic E-state index is -0.257. The van der Waals surface area contributed by atoms with Gasteiger partial charge in [0.25, 0.3) is 5.91 Å². The number of hydrogen-bond acceptors (Lipinski definition) is 7. The highest BCUT2D eigenvalue weighted by molar-refractivity contribution is 6.05. The Morgan fingerprint density at radius 1 is 0.882 bits per heavy atom. The molecule has 8 nitrogen and oxygen atoms in total. The third kappa shape index (κ3) is 5.07. The van der Waals surface area contributed by atoms with Crippen LogP contribution in [0.25, 0.3) is 11.3 Å². The van der Waals surface area contributed by atoms with Crippen molar-refractivity contribution < 1.29 is 19.0 Å². The van der Waals surface area contributed by atoms with Crippen molar-refractivity contribution in [3.8, 4) is 28.5 Å². The second kappa shape index (κ2) is 10.4. The van der Waals surface area contributed by atoms with Gasteiger partial charge in [-0.25, -0.2) is 0 Å². The van der Waals surface area contributed by atoms with Crippen molar-refractivity contribution in [2.45, 2.75) is 0 Å². The molecule has 1 amide bonds. The van der Waals surface area contributed by atoms with Crippen LogP contribution in [0.15, 0.2) is 54.7 Å². The van der Waals surface area contributed by atoms with Crippen LogP contribution in [0.2, 0.25) is 0 Å². The summed E-state index contributed by atoms with van der Waals surface area (Å²) in [4.78, 5) is 22.2. The monoisotopic (exact) mass is 462 g/mol. The molecule has 1 aromatic heterocycles. The van der Waals surface area contributed by atoms with E-state index in [1.165, 1.54) is 27.0 Å². The Balaban J connectivity index is 1.51. The molecule has 1 N–H and O–H groups in total. The molecule has 8 heteroatoms. The first-order chi connectivity index (χ1) is 16.5. The molecule has 1 aliphatic rings. The summed E-state index contributed by atoms with van der Waals surface area (Å²) in [6.45, 7) is 4.16. The molecule has 1 fully saturated rings. The quantitative estimate of drug-likeness (QED) is 0.573. The third-order valence-electron chi connectivity index (χ3n) is 5.98. The van der Waals surface area contributed by atoms with Crippen molar-refractivity contribution in [3.05, 3.63) is 60.3 Å². The van der Waals surface area contributed by atoms with Crippen molar-refractivity contribution >= 4 is 17.3 Å². The van der Waals surface area contributed by atoms with Gasteiger partial charge >= 0.3 is 0 Å². The maximum absolute atomic E-state index is 13.0. The summed E-state index contributed by atoms with van der Waals surface area (Å²) in [5, 5.41) is 2.90. The Morgan fingerprint density at radius 3 is 2.12 bits per heavy atom. The van der Waals surface area contributed by atoms with Crippen LogP contribution in [-0.2, 0) is 0 Å². The number of hydrogen-bond donors (Lipinski definition) is 1. The fourth-order valence-electron chi connectivity index (χ4n) is 3.99. The molecule has 0 radical (unpaired) electrons. The molecule has 0 atom stereocenters. The average molecular weight is 463 g/mol. The maximum Gasteiger partial charge on any atom is 0.255 e. The van der Waals surface area contributed by atoms with E-state index in [0.29, 0.717) is 28.5 Å². The largest absolute Gasteiger partial charge is 0.493 e. The van der Waals surface area contributed by atoms with E-state index in [4.69, 9.17) is 14.2 Å². The number of methoxy groups -OCH3 is 3. The molecule has 0 saturated carbocycles. The number of carbonyl (C=O) groups excluding carboxylic acids is 1. The zero-order valence-electron chi connectivity index (χ0n) is 20.0. The molecule has 4 rings (SSSR count). The van der Waals surface area contributed by atoms with Gasteiger partial charge in [0.15, 0.2) is 11.5 Å². The first kappa shape index (κ1) is 23.4. The zero-order chi connectivity index (χ0) is 24.1. The first-order valence-electron chi connectivity index (χ1n) is 11.1. The van der Waals surface area contributed by atoms with Gasteiger partial charge in [0.1, 0.15) is 0 Å². The van der Waals surface area contributed by atoms with Crippen molar-refractivity contribution in [1.29, 1.82) is 0 Å². The van der Waals surface area contributed by atoms with Crippen LogP contribution < -0.4 is 24.4 Å². The van der Waals surface area contributed by atoms with Crippen LogP contribution in [0.1, 0.15) is 10.4 Å².